The van der Waals surface area contributed by atoms with Crippen LogP contribution in [-0.2, 0) is 4.79 Å². The maximum atomic E-state index is 13.4. The summed E-state index contributed by atoms with van der Waals surface area (Å²) in [5.74, 6) is -1.50. The number of hydrogen-bond donors (Lipinski definition) is 0. The van der Waals surface area contributed by atoms with Crippen molar-refractivity contribution in [2.45, 2.75) is 50.6 Å². The zero-order chi connectivity index (χ0) is 13.4. The average Bonchev–Trinajstić information content (AvgIpc) is 2.73. The summed E-state index contributed by atoms with van der Waals surface area (Å²) >= 11 is 0. The van der Waals surface area contributed by atoms with Gasteiger partial charge < -0.3 is 4.90 Å². The third-order valence-corrected chi connectivity index (χ3v) is 4.30. The zero-order valence-corrected chi connectivity index (χ0v) is 10.7. The first-order chi connectivity index (χ1) is 9.16. The Labute approximate surface area is 111 Å². The first-order valence-corrected chi connectivity index (χ1v) is 6.93. The van der Waals surface area contributed by atoms with Crippen LogP contribution in [-0.4, -0.2) is 16.8 Å². The molecule has 0 N–H and O–H groups in total. The number of carbonyl (C=O) groups excluding carboxylic acids is 1. The Morgan fingerprint density at radius 3 is 2.68 bits per heavy atom. The van der Waals surface area contributed by atoms with Crippen molar-refractivity contribution >= 4 is 5.91 Å². The molecule has 2 fully saturated rings. The average molecular weight is 265 g/mol. The number of rotatable bonds is 1. The smallest absolute Gasteiger partial charge is 0.223 e. The summed E-state index contributed by atoms with van der Waals surface area (Å²) in [7, 11) is 0. The van der Waals surface area contributed by atoms with Gasteiger partial charge in [-0.3, -0.25) is 4.79 Å². The second kappa shape index (κ2) is 4.91. The van der Waals surface area contributed by atoms with Crippen molar-refractivity contribution in [2.24, 2.45) is 0 Å². The van der Waals surface area contributed by atoms with E-state index >= 15 is 0 Å². The van der Waals surface area contributed by atoms with E-state index in [9.17, 15) is 13.6 Å². The second-order valence-electron chi connectivity index (χ2n) is 5.47. The maximum Gasteiger partial charge on any atom is 0.223 e. The lowest BCUT2D eigenvalue weighted by molar-refractivity contribution is -0.133. The van der Waals surface area contributed by atoms with Gasteiger partial charge in [0.1, 0.15) is 0 Å². The number of fused-ring (bicyclic) bond motifs is 1. The summed E-state index contributed by atoms with van der Waals surface area (Å²) in [5.41, 5.74) is 0.719. The van der Waals surface area contributed by atoms with Gasteiger partial charge in [-0.25, -0.2) is 8.78 Å². The molecule has 0 saturated carbocycles. The molecule has 2 saturated heterocycles. The highest BCUT2D eigenvalue weighted by molar-refractivity contribution is 5.77. The Bertz CT molecular complexity index is 503. The quantitative estimate of drug-likeness (QED) is 0.760. The Kier molecular flexibility index (Phi) is 3.25. The SMILES string of the molecule is O=C1CCCC[C@H]2CC[C@@H](c3ccc(F)c(F)c3)N12. The van der Waals surface area contributed by atoms with E-state index in [-0.39, 0.29) is 18.0 Å². The Hall–Kier alpha value is -1.45. The molecule has 0 unspecified atom stereocenters. The molecule has 2 aliphatic heterocycles. The van der Waals surface area contributed by atoms with Crippen LogP contribution in [0, 0.1) is 11.6 Å². The molecule has 102 valence electrons. The van der Waals surface area contributed by atoms with E-state index in [2.05, 4.69) is 0 Å². The number of benzene rings is 1. The minimum Gasteiger partial charge on any atom is -0.333 e. The maximum absolute atomic E-state index is 13.4. The standard InChI is InChI=1S/C15H17F2NO/c16-12-7-5-10(9-13(12)17)14-8-6-11-3-1-2-4-15(19)18(11)14/h5,7,9,11,14H,1-4,6,8H2/t11-,14-/m0/s1. The lowest BCUT2D eigenvalue weighted by atomic mass is 10.0. The predicted octanol–water partition coefficient (Wildman–Crippen LogP) is 3.57. The number of carbonyl (C=O) groups is 1. The highest BCUT2D eigenvalue weighted by atomic mass is 19.2. The zero-order valence-electron chi connectivity index (χ0n) is 10.7. The van der Waals surface area contributed by atoms with Crippen LogP contribution in [0.1, 0.15) is 50.1 Å². The van der Waals surface area contributed by atoms with Crippen LogP contribution in [0.3, 0.4) is 0 Å². The van der Waals surface area contributed by atoms with E-state index < -0.39 is 11.6 Å². The lowest BCUT2D eigenvalue weighted by Crippen LogP contribution is -2.35. The topological polar surface area (TPSA) is 20.3 Å². The van der Waals surface area contributed by atoms with Crippen molar-refractivity contribution in [3.63, 3.8) is 0 Å². The summed E-state index contributed by atoms with van der Waals surface area (Å²) in [6.45, 7) is 0. The first-order valence-electron chi connectivity index (χ1n) is 6.93. The van der Waals surface area contributed by atoms with Gasteiger partial charge in [0, 0.05) is 12.5 Å². The van der Waals surface area contributed by atoms with Crippen molar-refractivity contribution in [1.29, 1.82) is 0 Å². The molecule has 0 radical (unpaired) electrons. The normalized spacial score (nSPS) is 27.3. The third-order valence-electron chi connectivity index (χ3n) is 4.30. The van der Waals surface area contributed by atoms with Crippen LogP contribution in [0.2, 0.25) is 0 Å². The molecule has 2 heterocycles. The van der Waals surface area contributed by atoms with Crippen molar-refractivity contribution in [1.82, 2.24) is 4.90 Å². The van der Waals surface area contributed by atoms with Crippen LogP contribution >= 0.6 is 0 Å². The van der Waals surface area contributed by atoms with Crippen LogP contribution in [0.25, 0.3) is 0 Å². The van der Waals surface area contributed by atoms with Crippen LogP contribution < -0.4 is 0 Å². The number of nitrogens with zero attached hydrogens (tertiary/aromatic N) is 1. The molecule has 2 atom stereocenters. The number of hydrogen-bond acceptors (Lipinski definition) is 1. The van der Waals surface area contributed by atoms with E-state index in [4.69, 9.17) is 0 Å². The molecule has 0 aliphatic carbocycles. The van der Waals surface area contributed by atoms with Crippen LogP contribution in [0.5, 0.6) is 0 Å². The van der Waals surface area contributed by atoms with Gasteiger partial charge in [-0.1, -0.05) is 12.5 Å². The molecule has 2 nitrogen and oxygen atoms in total. The molecule has 0 bridgehead atoms. The predicted molar refractivity (Wildman–Crippen MR) is 67.4 cm³/mol. The van der Waals surface area contributed by atoms with Gasteiger partial charge in [-0.15, -0.1) is 0 Å². The molecular weight excluding hydrogens is 248 g/mol. The van der Waals surface area contributed by atoms with E-state index in [0.29, 0.717) is 6.42 Å². The summed E-state index contributed by atoms with van der Waals surface area (Å²) in [5, 5.41) is 0. The van der Waals surface area contributed by atoms with Gasteiger partial charge in [0.15, 0.2) is 11.6 Å². The van der Waals surface area contributed by atoms with E-state index in [1.54, 1.807) is 6.07 Å². The van der Waals surface area contributed by atoms with Crippen LogP contribution in [0.15, 0.2) is 18.2 Å². The van der Waals surface area contributed by atoms with Crippen LogP contribution in [0.4, 0.5) is 8.78 Å². The van der Waals surface area contributed by atoms with Crippen molar-refractivity contribution in [2.75, 3.05) is 0 Å². The van der Waals surface area contributed by atoms with Gasteiger partial charge in [-0.2, -0.15) is 0 Å². The van der Waals surface area contributed by atoms with E-state index in [1.807, 2.05) is 4.90 Å². The van der Waals surface area contributed by atoms with Crippen molar-refractivity contribution < 1.29 is 13.6 Å². The largest absolute Gasteiger partial charge is 0.333 e. The molecule has 0 aromatic heterocycles. The van der Waals surface area contributed by atoms with Gasteiger partial charge in [-0.05, 0) is 43.4 Å². The van der Waals surface area contributed by atoms with Gasteiger partial charge in [0.05, 0.1) is 6.04 Å². The Balaban J connectivity index is 1.91. The highest BCUT2D eigenvalue weighted by Crippen LogP contribution is 2.40. The van der Waals surface area contributed by atoms with Gasteiger partial charge in [0.25, 0.3) is 0 Å². The molecule has 2 aliphatic rings. The Morgan fingerprint density at radius 2 is 1.89 bits per heavy atom. The fraction of sp³-hybridized carbons (Fsp3) is 0.533. The van der Waals surface area contributed by atoms with E-state index in [1.165, 1.54) is 6.07 Å². The molecule has 19 heavy (non-hydrogen) atoms. The summed E-state index contributed by atoms with van der Waals surface area (Å²) in [6.07, 6.45) is 5.45. The molecular formula is C15H17F2NO. The minimum atomic E-state index is -0.833. The van der Waals surface area contributed by atoms with Gasteiger partial charge in [0.2, 0.25) is 5.91 Å². The number of halogens is 2. The second-order valence-corrected chi connectivity index (χ2v) is 5.47. The molecule has 1 amide bonds. The lowest BCUT2D eigenvalue weighted by Gasteiger charge is -2.29. The summed E-state index contributed by atoms with van der Waals surface area (Å²) in [6, 6.07) is 4.20. The fourth-order valence-corrected chi connectivity index (χ4v) is 3.38. The molecule has 1 aromatic rings. The molecule has 4 heteroatoms. The Morgan fingerprint density at radius 1 is 1.05 bits per heavy atom. The molecule has 1 aromatic carbocycles. The fourth-order valence-electron chi connectivity index (χ4n) is 3.38. The number of amides is 1. The molecule has 3 rings (SSSR count). The monoisotopic (exact) mass is 265 g/mol. The minimum absolute atomic E-state index is 0.0781. The first kappa shape index (κ1) is 12.6. The highest BCUT2D eigenvalue weighted by Gasteiger charge is 2.38. The summed E-state index contributed by atoms with van der Waals surface area (Å²) < 4.78 is 26.4. The summed E-state index contributed by atoms with van der Waals surface area (Å²) in [4.78, 5) is 14.1. The molecule has 0 spiro atoms. The third kappa shape index (κ3) is 2.24. The van der Waals surface area contributed by atoms with Gasteiger partial charge >= 0.3 is 0 Å². The van der Waals surface area contributed by atoms with Crippen molar-refractivity contribution in [3.05, 3.63) is 35.4 Å². The van der Waals surface area contributed by atoms with E-state index in [0.717, 1.165) is 43.7 Å². The van der Waals surface area contributed by atoms with Crippen molar-refractivity contribution in [3.8, 4) is 0 Å².